The predicted octanol–water partition coefficient (Wildman–Crippen LogP) is 4.35. The van der Waals surface area contributed by atoms with Gasteiger partial charge in [0.15, 0.2) is 11.5 Å². The van der Waals surface area contributed by atoms with E-state index in [4.69, 9.17) is 9.72 Å². The lowest BCUT2D eigenvalue weighted by molar-refractivity contribution is 0.0941. The lowest BCUT2D eigenvalue weighted by Crippen LogP contribution is -2.10. The van der Waals surface area contributed by atoms with Crippen LogP contribution in [0.4, 0.5) is 0 Å². The Bertz CT molecular complexity index is 1330. The molecular weight excluding hydrogens is 404 g/mol. The highest BCUT2D eigenvalue weighted by Gasteiger charge is 2.43. The first-order valence-corrected chi connectivity index (χ1v) is 10.3. The quantitative estimate of drug-likeness (QED) is 0.366. The van der Waals surface area contributed by atoms with Gasteiger partial charge in [0.1, 0.15) is 12.0 Å². The Morgan fingerprint density at radius 2 is 1.66 bits per heavy atom. The Kier molecular flexibility index (Phi) is 4.99. The molecule has 158 valence electrons. The Hall–Kier alpha value is -3.90. The largest absolute Gasteiger partial charge is 0.494 e. The molecule has 2 heterocycles. The number of benzene rings is 2. The van der Waals surface area contributed by atoms with Crippen molar-refractivity contribution in [2.45, 2.75) is 12.5 Å². The normalized spacial score (nSPS) is 17.2. The molecule has 6 nitrogen and oxygen atoms in total. The summed E-state index contributed by atoms with van der Waals surface area (Å²) in [5.74, 6) is -0.181. The van der Waals surface area contributed by atoms with Crippen LogP contribution in [0.1, 0.15) is 27.1 Å². The van der Waals surface area contributed by atoms with Gasteiger partial charge in [0.05, 0.1) is 30.2 Å². The molecule has 1 fully saturated rings. The number of hydrogen-bond donors (Lipinski definition) is 1. The van der Waals surface area contributed by atoms with Crippen molar-refractivity contribution in [2.24, 2.45) is 5.92 Å². The van der Waals surface area contributed by atoms with Gasteiger partial charge in [-0.1, -0.05) is 48.5 Å². The second kappa shape index (κ2) is 7.98. The number of aliphatic hydroxyl groups excluding tert-OH is 1. The van der Waals surface area contributed by atoms with E-state index in [1.165, 1.54) is 7.11 Å². The molecular formula is C26H20N2O4. The zero-order valence-electron chi connectivity index (χ0n) is 17.4. The number of ether oxygens (including phenoxy) is 1. The van der Waals surface area contributed by atoms with Crippen LogP contribution in [0.15, 0.2) is 67.0 Å². The van der Waals surface area contributed by atoms with Crippen molar-refractivity contribution in [1.29, 1.82) is 0 Å². The summed E-state index contributed by atoms with van der Waals surface area (Å²) in [7, 11) is 1.52. The van der Waals surface area contributed by atoms with Crippen LogP contribution < -0.4 is 4.74 Å². The van der Waals surface area contributed by atoms with Crippen LogP contribution >= 0.6 is 0 Å². The van der Waals surface area contributed by atoms with Gasteiger partial charge in [-0.05, 0) is 23.6 Å². The van der Waals surface area contributed by atoms with Gasteiger partial charge >= 0.3 is 0 Å². The van der Waals surface area contributed by atoms with E-state index in [1.807, 2.05) is 36.4 Å². The van der Waals surface area contributed by atoms with Crippen LogP contribution in [-0.4, -0.2) is 40.4 Å². The second-order valence-corrected chi connectivity index (χ2v) is 7.85. The zero-order valence-corrected chi connectivity index (χ0v) is 17.4. The van der Waals surface area contributed by atoms with E-state index in [0.717, 1.165) is 23.0 Å². The maximum Gasteiger partial charge on any atom is 0.173 e. The Balaban J connectivity index is 1.62. The smallest absolute Gasteiger partial charge is 0.173 e. The number of carbonyl (C=O) groups is 2. The maximum absolute atomic E-state index is 13.2. The summed E-state index contributed by atoms with van der Waals surface area (Å²) in [6, 6.07) is 16.9. The van der Waals surface area contributed by atoms with E-state index in [0.29, 0.717) is 39.9 Å². The summed E-state index contributed by atoms with van der Waals surface area (Å²) in [6.07, 6.45) is 3.92. The van der Waals surface area contributed by atoms with Crippen molar-refractivity contribution >= 4 is 23.0 Å². The molecule has 0 spiro atoms. The lowest BCUT2D eigenvalue weighted by atomic mass is 9.97. The number of ketones is 1. The van der Waals surface area contributed by atoms with E-state index < -0.39 is 12.0 Å². The fraction of sp³-hybridized carbons (Fsp3) is 0.154. The van der Waals surface area contributed by atoms with Crippen molar-refractivity contribution in [3.05, 3.63) is 78.1 Å². The van der Waals surface area contributed by atoms with E-state index in [1.54, 1.807) is 30.6 Å². The highest BCUT2D eigenvalue weighted by Crippen LogP contribution is 2.42. The molecule has 0 amide bonds. The first kappa shape index (κ1) is 20.0. The van der Waals surface area contributed by atoms with Crippen LogP contribution in [0, 0.1) is 5.92 Å². The van der Waals surface area contributed by atoms with E-state index in [-0.39, 0.29) is 5.78 Å². The Morgan fingerprint density at radius 3 is 2.25 bits per heavy atom. The van der Waals surface area contributed by atoms with Crippen molar-refractivity contribution in [2.75, 3.05) is 7.11 Å². The van der Waals surface area contributed by atoms with Gasteiger partial charge in [-0.3, -0.25) is 14.6 Å². The molecule has 1 aliphatic rings. The minimum atomic E-state index is -0.611. The fourth-order valence-corrected chi connectivity index (χ4v) is 3.95. The second-order valence-electron chi connectivity index (χ2n) is 7.85. The number of pyridine rings is 2. The summed E-state index contributed by atoms with van der Waals surface area (Å²) in [5, 5.41) is 10.5. The molecule has 2 atom stereocenters. The van der Waals surface area contributed by atoms with Crippen molar-refractivity contribution in [1.82, 2.24) is 9.97 Å². The maximum atomic E-state index is 13.2. The third kappa shape index (κ3) is 3.44. The molecule has 2 aromatic heterocycles. The number of hydrogen-bond acceptors (Lipinski definition) is 6. The number of rotatable bonds is 6. The molecule has 0 radical (unpaired) electrons. The minimum absolute atomic E-state index is 0.150. The standard InChI is InChI=1S/C26H20N2O4/c1-32-26-23(25(31)19-12-22(19)30)20-13-27-11-10-21(20)28-24(26)18-8-6-17(7-9-18)16-4-2-15(14-29)3-5-16/h2-11,13-14,19,22,30H,12H2,1H3/t19?,22-/m1/s1. The molecule has 5 rings (SSSR count). The number of fused-ring (bicyclic) bond motifs is 1. The van der Waals surface area contributed by atoms with Crippen molar-refractivity contribution < 1.29 is 19.4 Å². The van der Waals surface area contributed by atoms with Gasteiger partial charge in [0.25, 0.3) is 0 Å². The summed E-state index contributed by atoms with van der Waals surface area (Å²) in [4.78, 5) is 33.0. The number of aromatic nitrogens is 2. The Labute approximate surface area is 184 Å². The molecule has 0 saturated heterocycles. The summed E-state index contributed by atoms with van der Waals surface area (Å²) in [5.41, 5.74) is 5.03. The molecule has 4 aromatic rings. The predicted molar refractivity (Wildman–Crippen MR) is 121 cm³/mol. The summed E-state index contributed by atoms with van der Waals surface area (Å²) >= 11 is 0. The number of aliphatic hydroxyl groups is 1. The van der Waals surface area contributed by atoms with Gasteiger partial charge in [-0.2, -0.15) is 0 Å². The molecule has 1 saturated carbocycles. The van der Waals surface area contributed by atoms with Crippen molar-refractivity contribution in [3.8, 4) is 28.1 Å². The zero-order chi connectivity index (χ0) is 22.2. The SMILES string of the molecule is COc1c(-c2ccc(-c3ccc(C=O)cc3)cc2)nc2ccncc2c1C(=O)C1C[C@H]1O. The van der Waals surface area contributed by atoms with Crippen LogP contribution in [0.2, 0.25) is 0 Å². The van der Waals surface area contributed by atoms with Gasteiger partial charge in [0, 0.05) is 28.9 Å². The number of nitrogens with zero attached hydrogens (tertiary/aromatic N) is 2. The molecule has 0 bridgehead atoms. The van der Waals surface area contributed by atoms with Gasteiger partial charge < -0.3 is 9.84 Å². The van der Waals surface area contributed by atoms with Gasteiger partial charge in [-0.15, -0.1) is 0 Å². The molecule has 1 aliphatic carbocycles. The number of Topliss-reactive ketones (excluding diaryl/α,β-unsaturated/α-hetero) is 1. The van der Waals surface area contributed by atoms with E-state index in [9.17, 15) is 14.7 Å². The fourth-order valence-electron chi connectivity index (χ4n) is 3.95. The first-order chi connectivity index (χ1) is 15.6. The summed E-state index contributed by atoms with van der Waals surface area (Å²) < 4.78 is 5.69. The highest BCUT2D eigenvalue weighted by molar-refractivity contribution is 6.13. The van der Waals surface area contributed by atoms with Crippen LogP contribution in [0.3, 0.4) is 0 Å². The van der Waals surface area contributed by atoms with E-state index in [2.05, 4.69) is 4.98 Å². The summed E-state index contributed by atoms with van der Waals surface area (Å²) in [6.45, 7) is 0. The third-order valence-electron chi connectivity index (χ3n) is 5.82. The van der Waals surface area contributed by atoms with Crippen LogP contribution in [0.5, 0.6) is 5.75 Å². The van der Waals surface area contributed by atoms with Crippen LogP contribution in [0.25, 0.3) is 33.3 Å². The Morgan fingerprint density at radius 1 is 1.03 bits per heavy atom. The minimum Gasteiger partial charge on any atom is -0.494 e. The molecule has 1 unspecified atom stereocenters. The lowest BCUT2D eigenvalue weighted by Gasteiger charge is -2.15. The topological polar surface area (TPSA) is 89.4 Å². The van der Waals surface area contributed by atoms with Gasteiger partial charge in [0.2, 0.25) is 0 Å². The first-order valence-electron chi connectivity index (χ1n) is 10.3. The average Bonchev–Trinajstić information content (AvgIpc) is 3.59. The van der Waals surface area contributed by atoms with E-state index >= 15 is 0 Å². The third-order valence-corrected chi connectivity index (χ3v) is 5.82. The molecule has 2 aromatic carbocycles. The number of carbonyl (C=O) groups excluding carboxylic acids is 2. The van der Waals surface area contributed by atoms with Crippen LogP contribution in [-0.2, 0) is 0 Å². The number of methoxy groups -OCH3 is 1. The van der Waals surface area contributed by atoms with Gasteiger partial charge in [-0.25, -0.2) is 4.98 Å². The molecule has 6 heteroatoms. The molecule has 0 aliphatic heterocycles. The average molecular weight is 424 g/mol. The van der Waals surface area contributed by atoms with Crippen molar-refractivity contribution in [3.63, 3.8) is 0 Å². The monoisotopic (exact) mass is 424 g/mol. The highest BCUT2D eigenvalue weighted by atomic mass is 16.5. The molecule has 32 heavy (non-hydrogen) atoms. The molecule has 1 N–H and O–H groups in total. The number of aldehydes is 1.